The summed E-state index contributed by atoms with van der Waals surface area (Å²) in [6.07, 6.45) is 5.66. The standard InChI is InChI=1S/C18H29N3OS/c1-15-8-11-21(12-9-15)14-17(10-13-23-2)20-18(22)19-16-6-4-3-5-7-16/h3-7,15,17H,8-14H2,1-2H3,(H2,19,20,22). The summed E-state index contributed by atoms with van der Waals surface area (Å²) in [5, 5.41) is 6.07. The number of hydrogen-bond donors (Lipinski definition) is 2. The molecule has 1 saturated heterocycles. The minimum absolute atomic E-state index is 0.104. The van der Waals surface area contributed by atoms with Gasteiger partial charge < -0.3 is 15.5 Å². The molecule has 1 unspecified atom stereocenters. The molecule has 4 nitrogen and oxygen atoms in total. The van der Waals surface area contributed by atoms with Crippen LogP contribution in [0.1, 0.15) is 26.2 Å². The fourth-order valence-corrected chi connectivity index (χ4v) is 3.42. The Hall–Kier alpha value is -1.20. The van der Waals surface area contributed by atoms with Gasteiger partial charge in [-0.15, -0.1) is 0 Å². The topological polar surface area (TPSA) is 44.4 Å². The molecule has 23 heavy (non-hydrogen) atoms. The van der Waals surface area contributed by atoms with Gasteiger partial charge in [0.05, 0.1) is 0 Å². The highest BCUT2D eigenvalue weighted by Crippen LogP contribution is 2.17. The maximum Gasteiger partial charge on any atom is 0.319 e. The van der Waals surface area contributed by atoms with Crippen LogP contribution in [-0.4, -0.2) is 48.6 Å². The third kappa shape index (κ3) is 6.83. The van der Waals surface area contributed by atoms with Gasteiger partial charge in [0.15, 0.2) is 0 Å². The molecule has 1 aliphatic heterocycles. The lowest BCUT2D eigenvalue weighted by Crippen LogP contribution is -2.47. The molecule has 128 valence electrons. The van der Waals surface area contributed by atoms with Crippen LogP contribution in [0, 0.1) is 5.92 Å². The molecular weight excluding hydrogens is 306 g/mol. The Bertz CT molecular complexity index is 461. The van der Waals surface area contributed by atoms with Gasteiger partial charge >= 0.3 is 6.03 Å². The number of benzene rings is 1. The summed E-state index contributed by atoms with van der Waals surface area (Å²) >= 11 is 1.83. The first-order valence-corrected chi connectivity index (χ1v) is 9.90. The summed E-state index contributed by atoms with van der Waals surface area (Å²) in [5.74, 6) is 1.91. The normalized spacial score (nSPS) is 17.7. The van der Waals surface area contributed by atoms with Crippen LogP contribution in [0.3, 0.4) is 0 Å². The largest absolute Gasteiger partial charge is 0.334 e. The Balaban J connectivity index is 1.83. The smallest absolute Gasteiger partial charge is 0.319 e. The summed E-state index contributed by atoms with van der Waals surface area (Å²) in [6.45, 7) is 5.58. The Labute approximate surface area is 144 Å². The van der Waals surface area contributed by atoms with E-state index >= 15 is 0 Å². The van der Waals surface area contributed by atoms with Crippen molar-refractivity contribution in [3.05, 3.63) is 30.3 Å². The predicted octanol–water partition coefficient (Wildman–Crippen LogP) is 3.66. The van der Waals surface area contributed by atoms with Crippen molar-refractivity contribution in [2.24, 2.45) is 5.92 Å². The summed E-state index contributed by atoms with van der Waals surface area (Å²) in [4.78, 5) is 14.7. The molecule has 1 heterocycles. The zero-order valence-corrected chi connectivity index (χ0v) is 15.1. The summed E-state index contributed by atoms with van der Waals surface area (Å²) in [6, 6.07) is 9.71. The van der Waals surface area contributed by atoms with Crippen molar-refractivity contribution in [2.75, 3.05) is 37.0 Å². The van der Waals surface area contributed by atoms with Crippen LogP contribution in [0.2, 0.25) is 0 Å². The van der Waals surface area contributed by atoms with Gasteiger partial charge in [-0.05, 0) is 62.4 Å². The van der Waals surface area contributed by atoms with Crippen molar-refractivity contribution in [1.29, 1.82) is 0 Å². The van der Waals surface area contributed by atoms with E-state index in [9.17, 15) is 4.79 Å². The van der Waals surface area contributed by atoms with Crippen LogP contribution in [0.4, 0.5) is 10.5 Å². The van der Waals surface area contributed by atoms with E-state index in [0.29, 0.717) is 0 Å². The maximum absolute atomic E-state index is 12.2. The van der Waals surface area contributed by atoms with Crippen molar-refractivity contribution < 1.29 is 4.79 Å². The highest BCUT2D eigenvalue weighted by Gasteiger charge is 2.20. The molecule has 1 aromatic rings. The van der Waals surface area contributed by atoms with E-state index in [1.807, 2.05) is 42.1 Å². The van der Waals surface area contributed by atoms with E-state index in [1.165, 1.54) is 12.8 Å². The predicted molar refractivity (Wildman–Crippen MR) is 100 cm³/mol. The number of carbonyl (C=O) groups is 1. The number of rotatable bonds is 7. The molecule has 0 saturated carbocycles. The monoisotopic (exact) mass is 335 g/mol. The number of anilines is 1. The number of amides is 2. The van der Waals surface area contributed by atoms with E-state index in [-0.39, 0.29) is 12.1 Å². The lowest BCUT2D eigenvalue weighted by molar-refractivity contribution is 0.174. The molecule has 0 bridgehead atoms. The van der Waals surface area contributed by atoms with Gasteiger partial charge in [-0.1, -0.05) is 25.1 Å². The van der Waals surface area contributed by atoms with E-state index in [0.717, 1.165) is 43.4 Å². The number of thioether (sulfide) groups is 1. The molecule has 1 aliphatic rings. The Morgan fingerprint density at radius 2 is 2.00 bits per heavy atom. The van der Waals surface area contributed by atoms with Crippen molar-refractivity contribution in [3.63, 3.8) is 0 Å². The molecule has 0 radical (unpaired) electrons. The molecule has 1 aromatic carbocycles. The second kappa shape index (κ2) is 9.83. The van der Waals surface area contributed by atoms with Crippen molar-refractivity contribution >= 4 is 23.5 Å². The highest BCUT2D eigenvalue weighted by molar-refractivity contribution is 7.98. The second-order valence-electron chi connectivity index (χ2n) is 6.43. The van der Waals surface area contributed by atoms with Crippen LogP contribution in [0.25, 0.3) is 0 Å². The number of nitrogens with one attached hydrogen (secondary N) is 2. The molecule has 0 aliphatic carbocycles. The van der Waals surface area contributed by atoms with Gasteiger partial charge in [-0.2, -0.15) is 11.8 Å². The average Bonchev–Trinajstić information content (AvgIpc) is 2.55. The molecule has 2 N–H and O–H groups in total. The van der Waals surface area contributed by atoms with Crippen LogP contribution < -0.4 is 10.6 Å². The van der Waals surface area contributed by atoms with Gasteiger partial charge in [0, 0.05) is 18.3 Å². The summed E-state index contributed by atoms with van der Waals surface area (Å²) < 4.78 is 0. The second-order valence-corrected chi connectivity index (χ2v) is 7.41. The first-order chi connectivity index (χ1) is 11.2. The van der Waals surface area contributed by atoms with Crippen LogP contribution in [0.15, 0.2) is 30.3 Å². The molecular formula is C18H29N3OS. The number of nitrogens with zero attached hydrogens (tertiary/aromatic N) is 1. The lowest BCUT2D eigenvalue weighted by Gasteiger charge is -2.33. The molecule has 1 fully saturated rings. The summed E-state index contributed by atoms with van der Waals surface area (Å²) in [7, 11) is 0. The number of urea groups is 1. The fraction of sp³-hybridized carbons (Fsp3) is 0.611. The van der Waals surface area contributed by atoms with Gasteiger partial charge in [-0.3, -0.25) is 0 Å². The number of hydrogen-bond acceptors (Lipinski definition) is 3. The van der Waals surface area contributed by atoms with E-state index < -0.39 is 0 Å². The zero-order valence-electron chi connectivity index (χ0n) is 14.3. The SMILES string of the molecule is CSCCC(CN1CCC(C)CC1)NC(=O)Nc1ccccc1. The third-order valence-corrected chi connectivity index (χ3v) is 5.04. The van der Waals surface area contributed by atoms with Gasteiger partial charge in [0.2, 0.25) is 0 Å². The van der Waals surface area contributed by atoms with Gasteiger partial charge in [0.1, 0.15) is 0 Å². The Morgan fingerprint density at radius 3 is 2.65 bits per heavy atom. The minimum Gasteiger partial charge on any atom is -0.334 e. The average molecular weight is 336 g/mol. The lowest BCUT2D eigenvalue weighted by atomic mass is 9.99. The Morgan fingerprint density at radius 1 is 1.30 bits per heavy atom. The summed E-state index contributed by atoms with van der Waals surface area (Å²) in [5.41, 5.74) is 0.834. The number of likely N-dealkylation sites (tertiary alicyclic amines) is 1. The number of para-hydroxylation sites is 1. The zero-order chi connectivity index (χ0) is 16.5. The number of piperidine rings is 1. The Kier molecular flexibility index (Phi) is 7.76. The van der Waals surface area contributed by atoms with Crippen molar-refractivity contribution in [3.8, 4) is 0 Å². The van der Waals surface area contributed by atoms with Crippen molar-refractivity contribution in [2.45, 2.75) is 32.2 Å². The van der Waals surface area contributed by atoms with E-state index in [2.05, 4.69) is 28.7 Å². The quantitative estimate of drug-likeness (QED) is 0.799. The first-order valence-electron chi connectivity index (χ1n) is 8.51. The van der Waals surface area contributed by atoms with Gasteiger partial charge in [-0.25, -0.2) is 4.79 Å². The number of carbonyl (C=O) groups excluding carboxylic acids is 1. The van der Waals surface area contributed by atoms with Crippen LogP contribution >= 0.6 is 11.8 Å². The molecule has 2 rings (SSSR count). The molecule has 0 aromatic heterocycles. The van der Waals surface area contributed by atoms with Crippen LogP contribution in [-0.2, 0) is 0 Å². The first kappa shape index (κ1) is 18.1. The molecule has 5 heteroatoms. The van der Waals surface area contributed by atoms with Crippen molar-refractivity contribution in [1.82, 2.24) is 10.2 Å². The van der Waals surface area contributed by atoms with Gasteiger partial charge in [0.25, 0.3) is 0 Å². The van der Waals surface area contributed by atoms with E-state index in [4.69, 9.17) is 0 Å². The fourth-order valence-electron chi connectivity index (χ4n) is 2.90. The maximum atomic E-state index is 12.2. The highest BCUT2D eigenvalue weighted by atomic mass is 32.2. The molecule has 2 amide bonds. The molecule has 0 spiro atoms. The molecule has 1 atom stereocenters. The third-order valence-electron chi connectivity index (χ3n) is 4.39. The van der Waals surface area contributed by atoms with E-state index in [1.54, 1.807) is 0 Å². The van der Waals surface area contributed by atoms with Crippen LogP contribution in [0.5, 0.6) is 0 Å². The minimum atomic E-state index is -0.104.